The molecular formula is C22H18F2. The average Bonchev–Trinajstić information content (AvgIpc) is 2.59. The van der Waals surface area contributed by atoms with Crippen molar-refractivity contribution in [1.82, 2.24) is 0 Å². The number of hydrogen-bond donors (Lipinski definition) is 0. The average molecular weight is 320 g/mol. The zero-order valence-corrected chi connectivity index (χ0v) is 13.5. The number of halogens is 2. The highest BCUT2D eigenvalue weighted by atomic mass is 19.1. The minimum absolute atomic E-state index is 0.323. The van der Waals surface area contributed by atoms with Gasteiger partial charge in [-0.3, -0.25) is 0 Å². The van der Waals surface area contributed by atoms with Crippen molar-refractivity contribution < 1.29 is 8.78 Å². The zero-order valence-electron chi connectivity index (χ0n) is 13.5. The predicted molar refractivity (Wildman–Crippen MR) is 95.9 cm³/mol. The third kappa shape index (κ3) is 3.13. The second-order valence-electron chi connectivity index (χ2n) is 5.80. The first-order valence-electron chi connectivity index (χ1n) is 7.85. The molecule has 0 atom stereocenters. The monoisotopic (exact) mass is 320 g/mol. The summed E-state index contributed by atoms with van der Waals surface area (Å²) in [4.78, 5) is 0. The zero-order chi connectivity index (χ0) is 17.1. The third-order valence-electron chi connectivity index (χ3n) is 4.20. The number of hydrogen-bond acceptors (Lipinski definition) is 0. The fraction of sp³-hybridized carbons (Fsp3) is 0.0909. The van der Waals surface area contributed by atoms with Crippen LogP contribution in [0.1, 0.15) is 11.1 Å². The molecule has 0 N–H and O–H groups in total. The van der Waals surface area contributed by atoms with Crippen molar-refractivity contribution in [2.45, 2.75) is 13.3 Å². The van der Waals surface area contributed by atoms with Gasteiger partial charge in [0, 0.05) is 5.56 Å². The summed E-state index contributed by atoms with van der Waals surface area (Å²) in [6.45, 7) is 5.42. The summed E-state index contributed by atoms with van der Waals surface area (Å²) in [5.41, 5.74) is 4.11. The van der Waals surface area contributed by atoms with Crippen molar-refractivity contribution in [1.29, 1.82) is 0 Å². The van der Waals surface area contributed by atoms with Gasteiger partial charge in [0.2, 0.25) is 0 Å². The smallest absolute Gasteiger partial charge is 0.131 e. The van der Waals surface area contributed by atoms with Gasteiger partial charge in [0.25, 0.3) is 0 Å². The molecule has 120 valence electrons. The number of allylic oxidation sites excluding steroid dienone is 1. The van der Waals surface area contributed by atoms with Gasteiger partial charge in [0.05, 0.1) is 0 Å². The summed E-state index contributed by atoms with van der Waals surface area (Å²) >= 11 is 0. The molecule has 0 radical (unpaired) electrons. The Morgan fingerprint density at radius 1 is 0.833 bits per heavy atom. The van der Waals surface area contributed by atoms with E-state index in [-0.39, 0.29) is 11.6 Å². The van der Waals surface area contributed by atoms with Gasteiger partial charge in [-0.1, -0.05) is 54.6 Å². The Kier molecular flexibility index (Phi) is 4.57. The molecule has 0 heterocycles. The Labute approximate surface area is 141 Å². The second kappa shape index (κ2) is 6.79. The normalized spacial score (nSPS) is 10.6. The van der Waals surface area contributed by atoms with Gasteiger partial charge < -0.3 is 0 Å². The highest BCUT2D eigenvalue weighted by Crippen LogP contribution is 2.30. The molecule has 24 heavy (non-hydrogen) atoms. The molecule has 0 unspecified atom stereocenters. The highest BCUT2D eigenvalue weighted by Gasteiger charge is 2.12. The minimum atomic E-state index is -0.357. The van der Waals surface area contributed by atoms with E-state index in [1.54, 1.807) is 19.1 Å². The summed E-state index contributed by atoms with van der Waals surface area (Å²) in [5.74, 6) is -0.681. The first-order chi connectivity index (χ1) is 11.6. The summed E-state index contributed by atoms with van der Waals surface area (Å²) < 4.78 is 28.8. The van der Waals surface area contributed by atoms with E-state index in [2.05, 4.69) is 6.58 Å². The molecule has 0 aliphatic heterocycles. The molecule has 0 nitrogen and oxygen atoms in total. The van der Waals surface area contributed by atoms with Crippen LogP contribution in [-0.4, -0.2) is 0 Å². The maximum absolute atomic E-state index is 14.6. The van der Waals surface area contributed by atoms with Gasteiger partial charge in [0.15, 0.2) is 0 Å². The summed E-state index contributed by atoms with van der Waals surface area (Å²) in [6.07, 6.45) is 2.28. The fourth-order valence-corrected chi connectivity index (χ4v) is 2.82. The van der Waals surface area contributed by atoms with E-state index >= 15 is 0 Å². The van der Waals surface area contributed by atoms with Crippen LogP contribution in [0.2, 0.25) is 0 Å². The molecule has 0 aliphatic carbocycles. The maximum atomic E-state index is 14.6. The maximum Gasteiger partial charge on any atom is 0.131 e. The van der Waals surface area contributed by atoms with Gasteiger partial charge in [-0.05, 0) is 53.3 Å². The molecule has 0 spiro atoms. The lowest BCUT2D eigenvalue weighted by atomic mass is 9.95. The van der Waals surface area contributed by atoms with Crippen LogP contribution in [0.25, 0.3) is 22.3 Å². The van der Waals surface area contributed by atoms with Gasteiger partial charge in [-0.25, -0.2) is 8.78 Å². The molecule has 0 amide bonds. The van der Waals surface area contributed by atoms with E-state index in [4.69, 9.17) is 0 Å². The molecule has 0 aliphatic rings. The molecule has 2 heteroatoms. The summed E-state index contributed by atoms with van der Waals surface area (Å²) in [5, 5.41) is 0. The van der Waals surface area contributed by atoms with Crippen molar-refractivity contribution in [3.8, 4) is 22.3 Å². The largest absolute Gasteiger partial charge is 0.207 e. The SMILES string of the molecule is C=CCc1cc(-c2ccc(-c3ccccc3)cc2F)cc(F)c1C. The third-order valence-corrected chi connectivity index (χ3v) is 4.20. The first-order valence-corrected chi connectivity index (χ1v) is 7.85. The first kappa shape index (κ1) is 16.1. The van der Waals surface area contributed by atoms with Crippen molar-refractivity contribution in [2.24, 2.45) is 0 Å². The topological polar surface area (TPSA) is 0 Å². The van der Waals surface area contributed by atoms with Gasteiger partial charge in [-0.15, -0.1) is 6.58 Å². The molecule has 0 aromatic heterocycles. The van der Waals surface area contributed by atoms with Crippen LogP contribution in [0.5, 0.6) is 0 Å². The van der Waals surface area contributed by atoms with E-state index in [1.165, 1.54) is 12.1 Å². The summed E-state index contributed by atoms with van der Waals surface area (Å²) in [6, 6.07) is 17.9. The standard InChI is InChI=1S/C22H18F2/c1-3-7-17-12-19(14-21(23)15(17)2)20-11-10-18(13-22(20)24)16-8-5-4-6-9-16/h3-6,8-14H,1,7H2,2H3. The van der Waals surface area contributed by atoms with Crippen LogP contribution in [0.4, 0.5) is 8.78 Å². The molecule has 3 rings (SSSR count). The minimum Gasteiger partial charge on any atom is -0.207 e. The van der Waals surface area contributed by atoms with Gasteiger partial charge >= 0.3 is 0 Å². The molecule has 3 aromatic carbocycles. The van der Waals surface area contributed by atoms with Crippen molar-refractivity contribution in [3.05, 3.63) is 96.1 Å². The van der Waals surface area contributed by atoms with Gasteiger partial charge in [-0.2, -0.15) is 0 Å². The van der Waals surface area contributed by atoms with Crippen molar-refractivity contribution in [3.63, 3.8) is 0 Å². The fourth-order valence-electron chi connectivity index (χ4n) is 2.82. The second-order valence-corrected chi connectivity index (χ2v) is 5.80. The van der Waals surface area contributed by atoms with Crippen molar-refractivity contribution in [2.75, 3.05) is 0 Å². The molecule has 0 saturated carbocycles. The Bertz CT molecular complexity index is 880. The number of benzene rings is 3. The van der Waals surface area contributed by atoms with Crippen molar-refractivity contribution >= 4 is 0 Å². The molecule has 0 bridgehead atoms. The Morgan fingerprint density at radius 3 is 2.21 bits per heavy atom. The van der Waals surface area contributed by atoms with Crippen LogP contribution in [0.15, 0.2) is 73.3 Å². The Balaban J connectivity index is 2.06. The van der Waals surface area contributed by atoms with E-state index < -0.39 is 0 Å². The van der Waals surface area contributed by atoms with Crippen LogP contribution in [0.3, 0.4) is 0 Å². The summed E-state index contributed by atoms with van der Waals surface area (Å²) in [7, 11) is 0. The lowest BCUT2D eigenvalue weighted by molar-refractivity contribution is 0.615. The van der Waals surface area contributed by atoms with E-state index in [1.807, 2.05) is 42.5 Å². The van der Waals surface area contributed by atoms with Crippen LogP contribution in [-0.2, 0) is 6.42 Å². The molecule has 0 fully saturated rings. The van der Waals surface area contributed by atoms with Crippen LogP contribution >= 0.6 is 0 Å². The lowest BCUT2D eigenvalue weighted by Gasteiger charge is -2.11. The van der Waals surface area contributed by atoms with E-state index in [0.29, 0.717) is 23.1 Å². The number of rotatable bonds is 4. The van der Waals surface area contributed by atoms with Crippen LogP contribution in [0, 0.1) is 18.6 Å². The molecule has 3 aromatic rings. The van der Waals surface area contributed by atoms with E-state index in [9.17, 15) is 8.78 Å². The molecule has 0 saturated heterocycles. The molecular weight excluding hydrogens is 302 g/mol. The highest BCUT2D eigenvalue weighted by molar-refractivity contribution is 5.71. The lowest BCUT2D eigenvalue weighted by Crippen LogP contribution is -1.95. The Hall–Kier alpha value is -2.74. The van der Waals surface area contributed by atoms with E-state index in [0.717, 1.165) is 16.7 Å². The quantitative estimate of drug-likeness (QED) is 0.492. The predicted octanol–water partition coefficient (Wildman–Crippen LogP) is 6.34. The van der Waals surface area contributed by atoms with Crippen LogP contribution < -0.4 is 0 Å². The van der Waals surface area contributed by atoms with Gasteiger partial charge in [0.1, 0.15) is 11.6 Å². The Morgan fingerprint density at radius 2 is 1.54 bits per heavy atom.